The molecule has 1 atom stereocenters. The lowest BCUT2D eigenvalue weighted by atomic mass is 10.1. The number of aliphatic imine (C=N–C) groups is 1. The van der Waals surface area contributed by atoms with Gasteiger partial charge in [-0.3, -0.25) is 9.69 Å². The second kappa shape index (κ2) is 9.01. The van der Waals surface area contributed by atoms with Gasteiger partial charge in [-0.1, -0.05) is 36.9 Å². The van der Waals surface area contributed by atoms with Crippen LogP contribution < -0.4 is 14.2 Å². The number of para-hydroxylation sites is 1. The van der Waals surface area contributed by atoms with Gasteiger partial charge in [0.05, 0.1) is 27.0 Å². The Morgan fingerprint density at radius 3 is 2.29 bits per heavy atom. The van der Waals surface area contributed by atoms with Crippen molar-refractivity contribution in [1.82, 2.24) is 4.90 Å². The quantitative estimate of drug-likeness (QED) is 0.721. The Bertz CT molecular complexity index is 845. The average molecular weight is 401 g/mol. The minimum Gasteiger partial charge on any atom is -0.493 e. The van der Waals surface area contributed by atoms with E-state index >= 15 is 0 Å². The van der Waals surface area contributed by atoms with Gasteiger partial charge < -0.3 is 14.2 Å². The number of thioether (sulfide) groups is 1. The molecular weight excluding hydrogens is 376 g/mol. The fourth-order valence-corrected chi connectivity index (χ4v) is 4.33. The van der Waals surface area contributed by atoms with Gasteiger partial charge in [0.1, 0.15) is 0 Å². The zero-order valence-corrected chi connectivity index (χ0v) is 17.3. The number of carbonyl (C=O) groups is 1. The average Bonchev–Trinajstić information content (AvgIpc) is 3.15. The van der Waals surface area contributed by atoms with Crippen LogP contribution in [0.2, 0.25) is 0 Å². The Morgan fingerprint density at radius 1 is 1.11 bits per heavy atom. The van der Waals surface area contributed by atoms with Crippen molar-refractivity contribution in [3.63, 3.8) is 0 Å². The standard InChI is InChI=1S/C21H24N2O4S/c1-5-16-13-28-21(22-15-9-7-6-8-10-15)23(16)20(24)14-11-17(25-2)19(27-4)18(12-14)26-3/h6-12,16H,5,13H2,1-4H3/t16-/m1/s1. The third-order valence-corrected chi connectivity index (χ3v) is 5.66. The van der Waals surface area contributed by atoms with Gasteiger partial charge in [0.15, 0.2) is 16.7 Å². The molecule has 2 aromatic carbocycles. The van der Waals surface area contributed by atoms with Crippen LogP contribution in [0.5, 0.6) is 17.2 Å². The normalized spacial score (nSPS) is 17.6. The zero-order chi connectivity index (χ0) is 20.1. The van der Waals surface area contributed by atoms with E-state index in [0.29, 0.717) is 28.0 Å². The molecule has 0 saturated carbocycles. The van der Waals surface area contributed by atoms with Crippen LogP contribution in [0.3, 0.4) is 0 Å². The largest absolute Gasteiger partial charge is 0.493 e. The third kappa shape index (κ3) is 3.94. The Hall–Kier alpha value is -2.67. The van der Waals surface area contributed by atoms with Gasteiger partial charge in [-0.05, 0) is 30.7 Å². The Labute approximate surface area is 169 Å². The third-order valence-electron chi connectivity index (χ3n) is 4.56. The van der Waals surface area contributed by atoms with Crippen LogP contribution in [0, 0.1) is 0 Å². The predicted octanol–water partition coefficient (Wildman–Crippen LogP) is 4.37. The molecule has 0 radical (unpaired) electrons. The molecule has 0 aromatic heterocycles. The summed E-state index contributed by atoms with van der Waals surface area (Å²) in [5, 5.41) is 0.705. The summed E-state index contributed by atoms with van der Waals surface area (Å²) < 4.78 is 16.2. The summed E-state index contributed by atoms with van der Waals surface area (Å²) in [6, 6.07) is 13.1. The van der Waals surface area contributed by atoms with E-state index in [9.17, 15) is 4.79 Å². The van der Waals surface area contributed by atoms with E-state index in [1.165, 1.54) is 21.3 Å². The Kier molecular flexibility index (Phi) is 6.46. The molecule has 3 rings (SSSR count). The van der Waals surface area contributed by atoms with Crippen LogP contribution in [0.1, 0.15) is 23.7 Å². The predicted molar refractivity (Wildman–Crippen MR) is 112 cm³/mol. The summed E-state index contributed by atoms with van der Waals surface area (Å²) in [5.41, 5.74) is 1.29. The number of amidine groups is 1. The topological polar surface area (TPSA) is 60.4 Å². The van der Waals surface area contributed by atoms with E-state index < -0.39 is 0 Å². The van der Waals surface area contributed by atoms with Crippen molar-refractivity contribution < 1.29 is 19.0 Å². The molecule has 0 bridgehead atoms. The SMILES string of the molecule is CC[C@@H]1CSC(=Nc2ccccc2)N1C(=O)c1cc(OC)c(OC)c(OC)c1. The molecule has 0 N–H and O–H groups in total. The summed E-state index contributed by atoms with van der Waals surface area (Å²) in [5.74, 6) is 2.05. The molecule has 1 amide bonds. The highest BCUT2D eigenvalue weighted by atomic mass is 32.2. The first kappa shape index (κ1) is 20.1. The first-order valence-corrected chi connectivity index (χ1v) is 10.0. The van der Waals surface area contributed by atoms with E-state index in [1.54, 1.807) is 28.8 Å². The van der Waals surface area contributed by atoms with Crippen molar-refractivity contribution in [3.8, 4) is 17.2 Å². The van der Waals surface area contributed by atoms with E-state index in [2.05, 4.69) is 6.92 Å². The fraction of sp³-hybridized carbons (Fsp3) is 0.333. The van der Waals surface area contributed by atoms with Crippen LogP contribution in [-0.4, -0.2) is 49.1 Å². The van der Waals surface area contributed by atoms with Crippen molar-refractivity contribution in [3.05, 3.63) is 48.0 Å². The second-order valence-electron chi connectivity index (χ2n) is 6.19. The lowest BCUT2D eigenvalue weighted by Gasteiger charge is -2.24. The summed E-state index contributed by atoms with van der Waals surface area (Å²) in [6.45, 7) is 2.08. The van der Waals surface area contributed by atoms with E-state index in [-0.39, 0.29) is 11.9 Å². The molecule has 2 aromatic rings. The molecule has 1 saturated heterocycles. The van der Waals surface area contributed by atoms with Gasteiger partial charge in [-0.25, -0.2) is 4.99 Å². The maximum Gasteiger partial charge on any atom is 0.260 e. The van der Waals surface area contributed by atoms with Crippen molar-refractivity contribution in [1.29, 1.82) is 0 Å². The van der Waals surface area contributed by atoms with E-state index in [1.807, 2.05) is 30.3 Å². The van der Waals surface area contributed by atoms with Crippen LogP contribution in [0.25, 0.3) is 0 Å². The number of amides is 1. The first-order chi connectivity index (χ1) is 13.6. The van der Waals surface area contributed by atoms with E-state index in [0.717, 1.165) is 17.9 Å². The Balaban J connectivity index is 2.02. The van der Waals surface area contributed by atoms with Crippen LogP contribution in [-0.2, 0) is 0 Å². The van der Waals surface area contributed by atoms with Gasteiger partial charge in [0.2, 0.25) is 5.75 Å². The van der Waals surface area contributed by atoms with Crippen LogP contribution in [0.4, 0.5) is 5.69 Å². The lowest BCUT2D eigenvalue weighted by molar-refractivity contribution is 0.0818. The Morgan fingerprint density at radius 2 is 1.75 bits per heavy atom. The molecule has 148 valence electrons. The highest BCUT2D eigenvalue weighted by Gasteiger charge is 2.35. The molecule has 6 nitrogen and oxygen atoms in total. The molecule has 1 aliphatic rings. The molecule has 1 heterocycles. The van der Waals surface area contributed by atoms with Gasteiger partial charge >= 0.3 is 0 Å². The summed E-state index contributed by atoms with van der Waals surface area (Å²) in [4.78, 5) is 19.9. The van der Waals surface area contributed by atoms with Crippen molar-refractivity contribution >= 4 is 28.5 Å². The van der Waals surface area contributed by atoms with Crippen molar-refractivity contribution in [2.45, 2.75) is 19.4 Å². The molecule has 0 aliphatic carbocycles. The molecule has 28 heavy (non-hydrogen) atoms. The van der Waals surface area contributed by atoms with Crippen LogP contribution in [0.15, 0.2) is 47.5 Å². The van der Waals surface area contributed by atoms with E-state index in [4.69, 9.17) is 19.2 Å². The van der Waals surface area contributed by atoms with Gasteiger partial charge in [-0.15, -0.1) is 0 Å². The van der Waals surface area contributed by atoms with Gasteiger partial charge in [-0.2, -0.15) is 0 Å². The number of rotatable bonds is 6. The monoisotopic (exact) mass is 400 g/mol. The molecule has 0 spiro atoms. The minimum absolute atomic E-state index is 0.0825. The molecule has 0 unspecified atom stereocenters. The van der Waals surface area contributed by atoms with Crippen molar-refractivity contribution in [2.75, 3.05) is 27.1 Å². The summed E-state index contributed by atoms with van der Waals surface area (Å²) in [7, 11) is 4.61. The number of carbonyl (C=O) groups excluding carboxylic acids is 1. The minimum atomic E-state index is -0.134. The number of ether oxygens (including phenoxy) is 3. The number of hydrogen-bond acceptors (Lipinski definition) is 6. The first-order valence-electron chi connectivity index (χ1n) is 9.03. The lowest BCUT2D eigenvalue weighted by Crippen LogP contribution is -2.39. The number of benzene rings is 2. The number of methoxy groups -OCH3 is 3. The number of nitrogens with zero attached hydrogens (tertiary/aromatic N) is 2. The molecule has 1 aliphatic heterocycles. The highest BCUT2D eigenvalue weighted by Crippen LogP contribution is 2.39. The summed E-state index contributed by atoms with van der Waals surface area (Å²) >= 11 is 1.60. The highest BCUT2D eigenvalue weighted by molar-refractivity contribution is 8.14. The molecular formula is C21H24N2O4S. The molecule has 1 fully saturated rings. The second-order valence-corrected chi connectivity index (χ2v) is 7.18. The maximum atomic E-state index is 13.4. The zero-order valence-electron chi connectivity index (χ0n) is 16.5. The number of hydrogen-bond donors (Lipinski definition) is 0. The molecule has 7 heteroatoms. The fourth-order valence-electron chi connectivity index (χ4n) is 3.07. The smallest absolute Gasteiger partial charge is 0.260 e. The maximum absolute atomic E-state index is 13.4. The van der Waals surface area contributed by atoms with Gasteiger partial charge in [0, 0.05) is 17.4 Å². The van der Waals surface area contributed by atoms with Gasteiger partial charge in [0.25, 0.3) is 5.91 Å². The summed E-state index contributed by atoms with van der Waals surface area (Å²) in [6.07, 6.45) is 0.844. The van der Waals surface area contributed by atoms with Crippen molar-refractivity contribution in [2.24, 2.45) is 4.99 Å². The van der Waals surface area contributed by atoms with Crippen LogP contribution >= 0.6 is 11.8 Å².